The van der Waals surface area contributed by atoms with Gasteiger partial charge in [0.25, 0.3) is 11.8 Å². The highest BCUT2D eigenvalue weighted by Gasteiger charge is 2.23. The van der Waals surface area contributed by atoms with E-state index in [-0.39, 0.29) is 12.0 Å². The fraction of sp³-hybridized carbons (Fsp3) is 0.179. The van der Waals surface area contributed by atoms with E-state index in [2.05, 4.69) is 32.4 Å². The van der Waals surface area contributed by atoms with Gasteiger partial charge in [0, 0.05) is 31.9 Å². The van der Waals surface area contributed by atoms with Crippen LogP contribution in [0.3, 0.4) is 0 Å². The molecule has 0 bridgehead atoms. The maximum Gasteiger partial charge on any atom is 0.284 e. The Labute approximate surface area is 214 Å². The van der Waals surface area contributed by atoms with Crippen LogP contribution in [0.2, 0.25) is 0 Å². The largest absolute Gasteiger partial charge is 0.363 e. The topological polar surface area (TPSA) is 123 Å². The number of pyridine rings is 1. The number of ketones is 1. The molecule has 4 aromatic rings. The quantitative estimate of drug-likeness (QED) is 0.308. The standard InChI is InChI=1S/C28H28N6O3/c1-33(18-20-9-4-2-5-10-20)19-22-14-16-34(32-22)27-23(13-8-15-30-27)28(37)31-24(17-25(35)26(29)36)21-11-6-3-7-12-21/h2-16,24H,17-19H2,1H3,(H2,29,36)(H,31,37). The van der Waals surface area contributed by atoms with Crippen molar-refractivity contribution < 1.29 is 14.4 Å². The molecule has 0 radical (unpaired) electrons. The number of carbonyl (C=O) groups is 3. The average Bonchev–Trinajstić information content (AvgIpc) is 3.37. The number of Topliss-reactive ketones (excluding diaryl/α,β-unsaturated/α-hetero) is 1. The molecular formula is C28H28N6O3. The number of amides is 2. The van der Waals surface area contributed by atoms with Crippen molar-refractivity contribution >= 4 is 17.6 Å². The molecule has 0 aliphatic heterocycles. The first-order chi connectivity index (χ1) is 17.9. The molecular weight excluding hydrogens is 468 g/mol. The van der Waals surface area contributed by atoms with Crippen molar-refractivity contribution in [2.45, 2.75) is 25.6 Å². The van der Waals surface area contributed by atoms with Gasteiger partial charge >= 0.3 is 0 Å². The van der Waals surface area contributed by atoms with Gasteiger partial charge in [-0.05, 0) is 36.4 Å². The lowest BCUT2D eigenvalue weighted by Crippen LogP contribution is -2.34. The Morgan fingerprint density at radius 3 is 2.35 bits per heavy atom. The van der Waals surface area contributed by atoms with E-state index < -0.39 is 23.6 Å². The summed E-state index contributed by atoms with van der Waals surface area (Å²) in [6.45, 7) is 1.39. The molecule has 1 unspecified atom stereocenters. The number of benzene rings is 2. The summed E-state index contributed by atoms with van der Waals surface area (Å²) in [7, 11) is 2.02. The van der Waals surface area contributed by atoms with Gasteiger partial charge in [0.05, 0.1) is 17.3 Å². The van der Waals surface area contributed by atoms with Gasteiger partial charge in [0.2, 0.25) is 5.78 Å². The molecule has 9 nitrogen and oxygen atoms in total. The minimum Gasteiger partial charge on any atom is -0.363 e. The van der Waals surface area contributed by atoms with Crippen molar-refractivity contribution in [1.29, 1.82) is 0 Å². The lowest BCUT2D eigenvalue weighted by atomic mass is 10.0. The van der Waals surface area contributed by atoms with Crippen LogP contribution in [0.25, 0.3) is 5.82 Å². The van der Waals surface area contributed by atoms with E-state index in [0.717, 1.165) is 12.2 Å². The molecule has 3 N–H and O–H groups in total. The second kappa shape index (κ2) is 11.9. The molecule has 188 valence electrons. The molecule has 0 aliphatic rings. The third-order valence-electron chi connectivity index (χ3n) is 5.79. The Hall–Kier alpha value is -4.63. The molecule has 0 fully saturated rings. The molecule has 2 amide bonds. The third kappa shape index (κ3) is 6.74. The lowest BCUT2D eigenvalue weighted by molar-refractivity contribution is -0.136. The van der Waals surface area contributed by atoms with Crippen LogP contribution in [-0.2, 0) is 22.7 Å². The van der Waals surface area contributed by atoms with Crippen LogP contribution in [0, 0.1) is 0 Å². The van der Waals surface area contributed by atoms with Crippen LogP contribution in [0.4, 0.5) is 0 Å². The molecule has 9 heteroatoms. The molecule has 4 rings (SSSR count). The molecule has 2 aromatic heterocycles. The normalized spacial score (nSPS) is 11.7. The van der Waals surface area contributed by atoms with Crippen molar-refractivity contribution in [1.82, 2.24) is 25.0 Å². The molecule has 0 saturated heterocycles. The highest BCUT2D eigenvalue weighted by molar-refractivity contribution is 6.35. The van der Waals surface area contributed by atoms with E-state index in [1.807, 2.05) is 37.4 Å². The van der Waals surface area contributed by atoms with E-state index in [4.69, 9.17) is 5.73 Å². The maximum absolute atomic E-state index is 13.3. The van der Waals surface area contributed by atoms with Gasteiger partial charge in [-0.25, -0.2) is 9.67 Å². The summed E-state index contributed by atoms with van der Waals surface area (Å²) in [5, 5.41) is 7.49. The zero-order chi connectivity index (χ0) is 26.2. The van der Waals surface area contributed by atoms with Gasteiger partial charge < -0.3 is 11.1 Å². The highest BCUT2D eigenvalue weighted by Crippen LogP contribution is 2.20. The number of hydrogen-bond donors (Lipinski definition) is 2. The van der Waals surface area contributed by atoms with E-state index in [9.17, 15) is 14.4 Å². The monoisotopic (exact) mass is 496 g/mol. The Morgan fingerprint density at radius 2 is 1.65 bits per heavy atom. The fourth-order valence-corrected chi connectivity index (χ4v) is 4.01. The molecule has 1 atom stereocenters. The first-order valence-corrected chi connectivity index (χ1v) is 11.8. The Bertz CT molecular complexity index is 1370. The fourth-order valence-electron chi connectivity index (χ4n) is 4.01. The number of hydrogen-bond acceptors (Lipinski definition) is 6. The van der Waals surface area contributed by atoms with E-state index >= 15 is 0 Å². The number of nitrogens with two attached hydrogens (primary N) is 1. The second-order valence-corrected chi connectivity index (χ2v) is 8.71. The molecule has 2 heterocycles. The average molecular weight is 497 g/mol. The van der Waals surface area contributed by atoms with Crippen LogP contribution in [0.1, 0.15) is 39.6 Å². The number of aromatic nitrogens is 3. The zero-order valence-corrected chi connectivity index (χ0v) is 20.4. The summed E-state index contributed by atoms with van der Waals surface area (Å²) in [5.41, 5.74) is 8.15. The van der Waals surface area contributed by atoms with Gasteiger partial charge in [-0.2, -0.15) is 5.10 Å². The van der Waals surface area contributed by atoms with Crippen LogP contribution < -0.4 is 11.1 Å². The Kier molecular flexibility index (Phi) is 8.17. The molecule has 2 aromatic carbocycles. The number of carbonyl (C=O) groups excluding carboxylic acids is 3. The predicted molar refractivity (Wildman–Crippen MR) is 138 cm³/mol. The summed E-state index contributed by atoms with van der Waals surface area (Å²) < 4.78 is 1.56. The van der Waals surface area contributed by atoms with Crippen molar-refractivity contribution in [3.8, 4) is 5.82 Å². The van der Waals surface area contributed by atoms with Gasteiger partial charge in [0.15, 0.2) is 5.82 Å². The number of nitrogens with one attached hydrogen (secondary N) is 1. The van der Waals surface area contributed by atoms with E-state index in [0.29, 0.717) is 17.9 Å². The first-order valence-electron chi connectivity index (χ1n) is 11.8. The van der Waals surface area contributed by atoms with Crippen LogP contribution >= 0.6 is 0 Å². The van der Waals surface area contributed by atoms with E-state index in [1.54, 1.807) is 53.5 Å². The van der Waals surface area contributed by atoms with Crippen molar-refractivity contribution in [2.24, 2.45) is 5.73 Å². The predicted octanol–water partition coefficient (Wildman–Crippen LogP) is 2.81. The van der Waals surface area contributed by atoms with Crippen LogP contribution in [0.15, 0.2) is 91.3 Å². The van der Waals surface area contributed by atoms with Gasteiger partial charge in [-0.3, -0.25) is 19.3 Å². The third-order valence-corrected chi connectivity index (χ3v) is 5.79. The Balaban J connectivity index is 1.51. The summed E-state index contributed by atoms with van der Waals surface area (Å²) in [6, 6.07) is 23.6. The number of nitrogens with zero attached hydrogens (tertiary/aromatic N) is 4. The number of primary amides is 1. The van der Waals surface area contributed by atoms with Gasteiger partial charge in [-0.15, -0.1) is 0 Å². The lowest BCUT2D eigenvalue weighted by Gasteiger charge is -2.19. The van der Waals surface area contributed by atoms with Crippen molar-refractivity contribution in [3.63, 3.8) is 0 Å². The SMILES string of the molecule is CN(Cc1ccccc1)Cc1ccn(-c2ncccc2C(=O)NC(CC(=O)C(N)=O)c2ccccc2)n1. The maximum atomic E-state index is 13.3. The van der Waals surface area contributed by atoms with Crippen molar-refractivity contribution in [3.05, 3.63) is 114 Å². The van der Waals surface area contributed by atoms with Crippen LogP contribution in [-0.4, -0.2) is 44.3 Å². The minimum absolute atomic E-state index is 0.250. The zero-order valence-electron chi connectivity index (χ0n) is 20.4. The highest BCUT2D eigenvalue weighted by atomic mass is 16.2. The Morgan fingerprint density at radius 1 is 0.946 bits per heavy atom. The minimum atomic E-state index is -1.04. The van der Waals surface area contributed by atoms with Crippen LogP contribution in [0.5, 0.6) is 0 Å². The van der Waals surface area contributed by atoms with Gasteiger partial charge in [-0.1, -0.05) is 60.7 Å². The summed E-state index contributed by atoms with van der Waals surface area (Å²) in [5.74, 6) is -1.91. The molecule has 37 heavy (non-hydrogen) atoms. The molecule has 0 spiro atoms. The smallest absolute Gasteiger partial charge is 0.284 e. The molecule has 0 saturated carbocycles. The molecule has 0 aliphatic carbocycles. The summed E-state index contributed by atoms with van der Waals surface area (Å²) >= 11 is 0. The van der Waals surface area contributed by atoms with E-state index in [1.165, 1.54) is 5.56 Å². The summed E-state index contributed by atoms with van der Waals surface area (Å²) in [4.78, 5) is 43.3. The van der Waals surface area contributed by atoms with Gasteiger partial charge in [0.1, 0.15) is 0 Å². The second-order valence-electron chi connectivity index (χ2n) is 8.71. The van der Waals surface area contributed by atoms with Crippen molar-refractivity contribution in [2.75, 3.05) is 7.05 Å². The summed E-state index contributed by atoms with van der Waals surface area (Å²) in [6.07, 6.45) is 3.09. The first kappa shape index (κ1) is 25.5. The number of rotatable bonds is 11.